The fourth-order valence-corrected chi connectivity index (χ4v) is 3.67. The summed E-state index contributed by atoms with van der Waals surface area (Å²) in [5.41, 5.74) is 3.13. The molecule has 0 unspecified atom stereocenters. The van der Waals surface area contributed by atoms with E-state index in [2.05, 4.69) is 4.98 Å². The summed E-state index contributed by atoms with van der Waals surface area (Å²) in [4.78, 5) is 30.0. The summed E-state index contributed by atoms with van der Waals surface area (Å²) in [7, 11) is 1.54. The lowest BCUT2D eigenvalue weighted by Crippen LogP contribution is -2.42. The normalized spacial score (nSPS) is 15.2. The Balaban J connectivity index is 2.24. The Kier molecular flexibility index (Phi) is 7.05. The molecule has 2 rings (SSSR count). The first-order valence-corrected chi connectivity index (χ1v) is 9.13. The van der Waals surface area contributed by atoms with Gasteiger partial charge in [-0.15, -0.1) is 0 Å². The van der Waals surface area contributed by atoms with Crippen LogP contribution in [0, 0.1) is 13.8 Å². The zero-order chi connectivity index (χ0) is 18.4. The molecule has 6 heteroatoms. The predicted octanol–water partition coefficient (Wildman–Crippen LogP) is 3.12. The molecular weight excluding hydrogens is 320 g/mol. The van der Waals surface area contributed by atoms with Crippen molar-refractivity contribution in [3.8, 4) is 0 Å². The summed E-state index contributed by atoms with van der Waals surface area (Å²) in [5.74, 6) is -0.314. The first kappa shape index (κ1) is 19.5. The number of hydrogen-bond acceptors (Lipinski definition) is 4. The van der Waals surface area contributed by atoms with Gasteiger partial charge in [0.05, 0.1) is 18.7 Å². The molecule has 0 aromatic carbocycles. The quantitative estimate of drug-likeness (QED) is 0.767. The SMILES string of the molecule is CCOC(=O)c1c(C)[nH]c(CN(C(=O)COC)C2CCCCC2)c1C. The second kappa shape index (κ2) is 9.04. The maximum Gasteiger partial charge on any atom is 0.340 e. The highest BCUT2D eigenvalue weighted by Gasteiger charge is 2.28. The largest absolute Gasteiger partial charge is 0.462 e. The first-order chi connectivity index (χ1) is 12.0. The molecule has 1 saturated carbocycles. The third-order valence-electron chi connectivity index (χ3n) is 4.95. The average Bonchev–Trinajstić information content (AvgIpc) is 2.87. The number of nitrogens with one attached hydrogen (secondary N) is 1. The topological polar surface area (TPSA) is 71.6 Å². The minimum Gasteiger partial charge on any atom is -0.462 e. The van der Waals surface area contributed by atoms with Gasteiger partial charge in [0.1, 0.15) is 6.61 Å². The molecule has 0 radical (unpaired) electrons. The molecule has 1 aliphatic rings. The molecule has 0 saturated heterocycles. The van der Waals surface area contributed by atoms with Gasteiger partial charge < -0.3 is 19.4 Å². The van der Waals surface area contributed by atoms with Crippen LogP contribution in [0.2, 0.25) is 0 Å². The molecule has 1 aromatic rings. The van der Waals surface area contributed by atoms with Gasteiger partial charge in [-0.3, -0.25) is 4.79 Å². The maximum atomic E-state index is 12.6. The minimum absolute atomic E-state index is 0.00117. The molecule has 1 heterocycles. The summed E-state index contributed by atoms with van der Waals surface area (Å²) < 4.78 is 10.2. The van der Waals surface area contributed by atoms with Crippen LogP contribution in [0.4, 0.5) is 0 Å². The van der Waals surface area contributed by atoms with Crippen LogP contribution in [-0.2, 0) is 20.8 Å². The van der Waals surface area contributed by atoms with Crippen LogP contribution in [0.1, 0.15) is 66.3 Å². The first-order valence-electron chi connectivity index (χ1n) is 9.13. The van der Waals surface area contributed by atoms with E-state index < -0.39 is 0 Å². The number of nitrogens with zero attached hydrogens (tertiary/aromatic N) is 1. The zero-order valence-corrected chi connectivity index (χ0v) is 15.8. The van der Waals surface area contributed by atoms with Crippen molar-refractivity contribution in [2.45, 2.75) is 65.5 Å². The van der Waals surface area contributed by atoms with Crippen LogP contribution in [-0.4, -0.2) is 48.1 Å². The number of hydrogen-bond donors (Lipinski definition) is 1. The van der Waals surface area contributed by atoms with Crippen LogP contribution in [0.3, 0.4) is 0 Å². The number of H-pyrrole nitrogens is 1. The van der Waals surface area contributed by atoms with Gasteiger partial charge in [-0.2, -0.15) is 0 Å². The molecule has 6 nitrogen and oxygen atoms in total. The number of rotatable bonds is 7. The maximum absolute atomic E-state index is 12.6. The van der Waals surface area contributed by atoms with Crippen LogP contribution >= 0.6 is 0 Å². The molecule has 0 bridgehead atoms. The molecule has 140 valence electrons. The second-order valence-corrected chi connectivity index (χ2v) is 6.70. The van der Waals surface area contributed by atoms with Gasteiger partial charge in [0.15, 0.2) is 0 Å². The number of esters is 1. The highest BCUT2D eigenvalue weighted by molar-refractivity contribution is 5.92. The van der Waals surface area contributed by atoms with E-state index in [0.29, 0.717) is 18.7 Å². The number of aromatic nitrogens is 1. The van der Waals surface area contributed by atoms with Crippen LogP contribution in [0.25, 0.3) is 0 Å². The number of carbonyl (C=O) groups is 2. The Labute approximate surface area is 149 Å². The minimum atomic E-state index is -0.313. The lowest BCUT2D eigenvalue weighted by Gasteiger charge is -2.34. The smallest absolute Gasteiger partial charge is 0.340 e. The van der Waals surface area contributed by atoms with Gasteiger partial charge in [-0.05, 0) is 39.2 Å². The van der Waals surface area contributed by atoms with Gasteiger partial charge in [0.2, 0.25) is 5.91 Å². The fourth-order valence-electron chi connectivity index (χ4n) is 3.67. The average molecular weight is 350 g/mol. The van der Waals surface area contributed by atoms with E-state index in [1.807, 2.05) is 18.7 Å². The third-order valence-corrected chi connectivity index (χ3v) is 4.95. The number of amides is 1. The van der Waals surface area contributed by atoms with Gasteiger partial charge in [-0.1, -0.05) is 19.3 Å². The number of carbonyl (C=O) groups excluding carboxylic acids is 2. The van der Waals surface area contributed by atoms with Crippen LogP contribution in [0.5, 0.6) is 0 Å². The number of aryl methyl sites for hydroxylation is 1. The standard InChI is InChI=1S/C19H30N2O4/c1-5-25-19(23)18-13(2)16(20-14(18)3)11-21(17(22)12-24-4)15-9-7-6-8-10-15/h15,20H,5-12H2,1-4H3. The molecule has 1 amide bonds. The monoisotopic (exact) mass is 350 g/mol. The van der Waals surface area contributed by atoms with E-state index in [-0.39, 0.29) is 24.5 Å². The summed E-state index contributed by atoms with van der Waals surface area (Å²) in [5, 5.41) is 0. The molecule has 1 aliphatic carbocycles. The molecule has 0 aliphatic heterocycles. The Bertz CT molecular complexity index is 603. The summed E-state index contributed by atoms with van der Waals surface area (Å²) >= 11 is 0. The number of aromatic amines is 1. The van der Waals surface area contributed by atoms with Crippen LogP contribution in [0.15, 0.2) is 0 Å². The van der Waals surface area contributed by atoms with Gasteiger partial charge >= 0.3 is 5.97 Å². The van der Waals surface area contributed by atoms with E-state index in [4.69, 9.17) is 9.47 Å². The summed E-state index contributed by atoms with van der Waals surface area (Å²) in [6.07, 6.45) is 5.59. The zero-order valence-electron chi connectivity index (χ0n) is 15.8. The van der Waals surface area contributed by atoms with Gasteiger partial charge in [-0.25, -0.2) is 4.79 Å². The highest BCUT2D eigenvalue weighted by atomic mass is 16.5. The Hall–Kier alpha value is -1.82. The van der Waals surface area contributed by atoms with Crippen molar-refractivity contribution < 1.29 is 19.1 Å². The van der Waals surface area contributed by atoms with Crippen molar-refractivity contribution >= 4 is 11.9 Å². The summed E-state index contributed by atoms with van der Waals surface area (Å²) in [6.45, 7) is 6.47. The molecule has 1 N–H and O–H groups in total. The van der Waals surface area contributed by atoms with Crippen LogP contribution < -0.4 is 0 Å². The Morgan fingerprint density at radius 2 is 1.88 bits per heavy atom. The third kappa shape index (κ3) is 4.63. The summed E-state index contributed by atoms with van der Waals surface area (Å²) in [6, 6.07) is 0.241. The second-order valence-electron chi connectivity index (χ2n) is 6.70. The van der Waals surface area contributed by atoms with Crippen molar-refractivity contribution in [3.05, 3.63) is 22.5 Å². The molecule has 0 atom stereocenters. The predicted molar refractivity (Wildman–Crippen MR) is 95.5 cm³/mol. The van der Waals surface area contributed by atoms with Crippen molar-refractivity contribution in [1.82, 2.24) is 9.88 Å². The van der Waals surface area contributed by atoms with Crippen molar-refractivity contribution in [1.29, 1.82) is 0 Å². The molecule has 1 fully saturated rings. The lowest BCUT2D eigenvalue weighted by atomic mass is 9.94. The van der Waals surface area contributed by atoms with E-state index in [1.165, 1.54) is 6.42 Å². The van der Waals surface area contributed by atoms with Crippen molar-refractivity contribution in [3.63, 3.8) is 0 Å². The molecule has 0 spiro atoms. The van der Waals surface area contributed by atoms with Gasteiger partial charge in [0, 0.05) is 24.5 Å². The Morgan fingerprint density at radius 3 is 2.48 bits per heavy atom. The highest BCUT2D eigenvalue weighted by Crippen LogP contribution is 2.26. The van der Waals surface area contributed by atoms with Crippen molar-refractivity contribution in [2.24, 2.45) is 0 Å². The molecule has 25 heavy (non-hydrogen) atoms. The van der Waals surface area contributed by atoms with E-state index >= 15 is 0 Å². The molecular formula is C19H30N2O4. The van der Waals surface area contributed by atoms with E-state index in [1.54, 1.807) is 14.0 Å². The van der Waals surface area contributed by atoms with E-state index in [0.717, 1.165) is 42.6 Å². The van der Waals surface area contributed by atoms with Crippen molar-refractivity contribution in [2.75, 3.05) is 20.3 Å². The number of ether oxygens (including phenoxy) is 2. The fraction of sp³-hybridized carbons (Fsp3) is 0.684. The molecule has 1 aromatic heterocycles. The Morgan fingerprint density at radius 1 is 1.20 bits per heavy atom. The number of methoxy groups -OCH3 is 1. The van der Waals surface area contributed by atoms with E-state index in [9.17, 15) is 9.59 Å². The van der Waals surface area contributed by atoms with Gasteiger partial charge in [0.25, 0.3) is 0 Å². The lowest BCUT2D eigenvalue weighted by molar-refractivity contribution is -0.139.